The third kappa shape index (κ3) is 2.66. The molecular weight excluding hydrogens is 272 g/mol. The SMILES string of the molecule is O=C(COc1ccc(Cl)c2ccccc12)C1CCCC1. The van der Waals surface area contributed by atoms with E-state index in [0.717, 1.165) is 29.4 Å². The molecule has 1 fully saturated rings. The van der Waals surface area contributed by atoms with Gasteiger partial charge in [-0.3, -0.25) is 4.79 Å². The van der Waals surface area contributed by atoms with Gasteiger partial charge in [-0.15, -0.1) is 0 Å². The molecule has 0 bridgehead atoms. The highest BCUT2D eigenvalue weighted by Crippen LogP contribution is 2.32. The maximum absolute atomic E-state index is 12.1. The summed E-state index contributed by atoms with van der Waals surface area (Å²) in [6, 6.07) is 11.5. The number of Topliss-reactive ketones (excluding diaryl/α,β-unsaturated/α-hetero) is 1. The Hall–Kier alpha value is -1.54. The Morgan fingerprint density at radius 1 is 1.10 bits per heavy atom. The smallest absolute Gasteiger partial charge is 0.173 e. The summed E-state index contributed by atoms with van der Waals surface area (Å²) >= 11 is 6.17. The van der Waals surface area contributed by atoms with Gasteiger partial charge in [-0.05, 0) is 25.0 Å². The lowest BCUT2D eigenvalue weighted by Gasteiger charge is -2.12. The van der Waals surface area contributed by atoms with Crippen LogP contribution in [0.25, 0.3) is 10.8 Å². The number of rotatable bonds is 4. The first-order valence-electron chi connectivity index (χ1n) is 7.08. The van der Waals surface area contributed by atoms with Crippen molar-refractivity contribution in [3.63, 3.8) is 0 Å². The lowest BCUT2D eigenvalue weighted by Crippen LogP contribution is -2.19. The number of carbonyl (C=O) groups is 1. The molecule has 3 rings (SSSR count). The summed E-state index contributed by atoms with van der Waals surface area (Å²) in [6.07, 6.45) is 4.37. The number of ether oxygens (including phenoxy) is 1. The average Bonchev–Trinajstić information content (AvgIpc) is 3.01. The van der Waals surface area contributed by atoms with Crippen LogP contribution in [0.2, 0.25) is 5.02 Å². The highest BCUT2D eigenvalue weighted by Gasteiger charge is 2.23. The van der Waals surface area contributed by atoms with Gasteiger partial charge in [0.25, 0.3) is 0 Å². The maximum atomic E-state index is 12.1. The van der Waals surface area contributed by atoms with Gasteiger partial charge >= 0.3 is 0 Å². The molecule has 0 N–H and O–H groups in total. The zero-order valence-electron chi connectivity index (χ0n) is 11.3. The minimum Gasteiger partial charge on any atom is -0.485 e. The topological polar surface area (TPSA) is 26.3 Å². The van der Waals surface area contributed by atoms with E-state index in [4.69, 9.17) is 16.3 Å². The molecular formula is C17H17ClO2. The number of fused-ring (bicyclic) bond motifs is 1. The predicted molar refractivity (Wildman–Crippen MR) is 81.4 cm³/mol. The first-order valence-corrected chi connectivity index (χ1v) is 7.46. The van der Waals surface area contributed by atoms with Crippen molar-refractivity contribution in [1.29, 1.82) is 0 Å². The Labute approximate surface area is 123 Å². The summed E-state index contributed by atoms with van der Waals surface area (Å²) in [7, 11) is 0. The van der Waals surface area contributed by atoms with E-state index in [1.54, 1.807) is 0 Å². The monoisotopic (exact) mass is 288 g/mol. The van der Waals surface area contributed by atoms with Crippen LogP contribution >= 0.6 is 11.6 Å². The molecule has 2 nitrogen and oxygen atoms in total. The van der Waals surface area contributed by atoms with Gasteiger partial charge in [-0.2, -0.15) is 0 Å². The van der Waals surface area contributed by atoms with Crippen LogP contribution in [0.3, 0.4) is 0 Å². The lowest BCUT2D eigenvalue weighted by atomic mass is 10.0. The van der Waals surface area contributed by atoms with Crippen molar-refractivity contribution in [2.45, 2.75) is 25.7 Å². The molecule has 0 atom stereocenters. The molecule has 0 radical (unpaired) electrons. The molecule has 0 saturated heterocycles. The van der Waals surface area contributed by atoms with Crippen molar-refractivity contribution >= 4 is 28.2 Å². The highest BCUT2D eigenvalue weighted by molar-refractivity contribution is 6.35. The zero-order chi connectivity index (χ0) is 13.9. The number of hydrogen-bond acceptors (Lipinski definition) is 2. The number of carbonyl (C=O) groups excluding carboxylic acids is 1. The maximum Gasteiger partial charge on any atom is 0.173 e. The van der Waals surface area contributed by atoms with Gasteiger partial charge in [-0.25, -0.2) is 0 Å². The molecule has 0 aromatic heterocycles. The number of ketones is 1. The van der Waals surface area contributed by atoms with Crippen LogP contribution in [0.15, 0.2) is 36.4 Å². The van der Waals surface area contributed by atoms with Gasteiger partial charge < -0.3 is 4.74 Å². The second-order valence-corrected chi connectivity index (χ2v) is 5.73. The molecule has 0 heterocycles. The van der Waals surface area contributed by atoms with Gasteiger partial charge in [0.2, 0.25) is 0 Å². The first-order chi connectivity index (χ1) is 9.75. The van der Waals surface area contributed by atoms with Gasteiger partial charge in [0.1, 0.15) is 12.4 Å². The van der Waals surface area contributed by atoms with Crippen molar-refractivity contribution in [1.82, 2.24) is 0 Å². The number of hydrogen-bond donors (Lipinski definition) is 0. The molecule has 0 unspecified atom stereocenters. The van der Waals surface area contributed by atoms with Crippen LogP contribution in [-0.2, 0) is 4.79 Å². The highest BCUT2D eigenvalue weighted by atomic mass is 35.5. The van der Waals surface area contributed by atoms with Crippen LogP contribution in [0, 0.1) is 5.92 Å². The third-order valence-electron chi connectivity index (χ3n) is 4.01. The molecule has 2 aromatic rings. The summed E-state index contributed by atoms with van der Waals surface area (Å²) in [5, 5.41) is 2.62. The number of halogens is 1. The van der Waals surface area contributed by atoms with Crippen molar-refractivity contribution in [2.75, 3.05) is 6.61 Å². The van der Waals surface area contributed by atoms with Crippen molar-refractivity contribution < 1.29 is 9.53 Å². The second-order valence-electron chi connectivity index (χ2n) is 5.33. The standard InChI is InChI=1S/C17H17ClO2/c18-15-9-10-17(14-8-4-3-7-13(14)15)20-11-16(19)12-5-1-2-6-12/h3-4,7-10,12H,1-2,5-6,11H2. The third-order valence-corrected chi connectivity index (χ3v) is 4.34. The van der Waals surface area contributed by atoms with Crippen LogP contribution in [0.4, 0.5) is 0 Å². The predicted octanol–water partition coefficient (Wildman–Crippen LogP) is 4.63. The molecule has 20 heavy (non-hydrogen) atoms. The van der Waals surface area contributed by atoms with E-state index in [0.29, 0.717) is 5.02 Å². The van der Waals surface area contributed by atoms with Crippen molar-refractivity contribution in [2.24, 2.45) is 5.92 Å². The Balaban J connectivity index is 1.77. The fourth-order valence-electron chi connectivity index (χ4n) is 2.88. The quantitative estimate of drug-likeness (QED) is 0.820. The van der Waals surface area contributed by atoms with Crippen LogP contribution in [-0.4, -0.2) is 12.4 Å². The number of benzene rings is 2. The molecule has 0 spiro atoms. The first kappa shape index (κ1) is 13.4. The Kier molecular flexibility index (Phi) is 3.93. The van der Waals surface area contributed by atoms with E-state index in [9.17, 15) is 4.79 Å². The molecule has 1 saturated carbocycles. The van der Waals surface area contributed by atoms with Gasteiger partial charge in [0, 0.05) is 21.7 Å². The van der Waals surface area contributed by atoms with Crippen LogP contribution < -0.4 is 4.74 Å². The van der Waals surface area contributed by atoms with E-state index in [1.165, 1.54) is 12.8 Å². The summed E-state index contributed by atoms with van der Waals surface area (Å²) in [5.74, 6) is 1.16. The molecule has 0 aliphatic heterocycles. The van der Waals surface area contributed by atoms with Gasteiger partial charge in [-0.1, -0.05) is 48.7 Å². The normalized spacial score (nSPS) is 15.7. The minimum atomic E-state index is 0.163. The Bertz CT molecular complexity index is 630. The van der Waals surface area contributed by atoms with Gasteiger partial charge in [0.15, 0.2) is 5.78 Å². The van der Waals surface area contributed by atoms with Crippen molar-refractivity contribution in [3.05, 3.63) is 41.4 Å². The molecule has 2 aromatic carbocycles. The van der Waals surface area contributed by atoms with E-state index >= 15 is 0 Å². The fourth-order valence-corrected chi connectivity index (χ4v) is 3.10. The zero-order valence-corrected chi connectivity index (χ0v) is 12.0. The van der Waals surface area contributed by atoms with Crippen molar-refractivity contribution in [3.8, 4) is 5.75 Å². The van der Waals surface area contributed by atoms with Crippen LogP contribution in [0.1, 0.15) is 25.7 Å². The van der Waals surface area contributed by atoms with Gasteiger partial charge in [0.05, 0.1) is 0 Å². The molecule has 1 aliphatic rings. The van der Waals surface area contributed by atoms with E-state index in [2.05, 4.69) is 0 Å². The molecule has 0 amide bonds. The minimum absolute atomic E-state index is 0.163. The molecule has 3 heteroatoms. The summed E-state index contributed by atoms with van der Waals surface area (Å²) < 4.78 is 5.74. The summed E-state index contributed by atoms with van der Waals surface area (Å²) in [5.41, 5.74) is 0. The summed E-state index contributed by atoms with van der Waals surface area (Å²) in [4.78, 5) is 12.1. The average molecular weight is 289 g/mol. The fraction of sp³-hybridized carbons (Fsp3) is 0.353. The van der Waals surface area contributed by atoms with Crippen LogP contribution in [0.5, 0.6) is 5.75 Å². The van der Waals surface area contributed by atoms with E-state index in [1.807, 2.05) is 36.4 Å². The Morgan fingerprint density at radius 3 is 2.55 bits per heavy atom. The largest absolute Gasteiger partial charge is 0.485 e. The van der Waals surface area contributed by atoms with E-state index < -0.39 is 0 Å². The van der Waals surface area contributed by atoms with E-state index in [-0.39, 0.29) is 18.3 Å². The molecule has 104 valence electrons. The Morgan fingerprint density at radius 2 is 1.80 bits per heavy atom. The second kappa shape index (κ2) is 5.84. The molecule has 1 aliphatic carbocycles. The lowest BCUT2D eigenvalue weighted by molar-refractivity contribution is -0.124. The summed E-state index contributed by atoms with van der Waals surface area (Å²) in [6.45, 7) is 0.163.